The number of methoxy groups -OCH3 is 1. The Morgan fingerprint density at radius 3 is 2.51 bits per heavy atom. The summed E-state index contributed by atoms with van der Waals surface area (Å²) in [5.41, 5.74) is 1.53. The molecule has 1 aliphatic rings. The van der Waals surface area contributed by atoms with Crippen molar-refractivity contribution in [1.82, 2.24) is 4.57 Å². The largest absolute Gasteiger partial charge is 0.493 e. The molecule has 1 atom stereocenters. The first-order chi connectivity index (χ1) is 20.6. The molecule has 228 valence electrons. The Balaban J connectivity index is 1.86. The molecule has 0 amide bonds. The fraction of sp³-hybridized carbons (Fsp3) is 0.355. The van der Waals surface area contributed by atoms with E-state index in [-0.39, 0.29) is 53.6 Å². The molecule has 43 heavy (non-hydrogen) atoms. The lowest BCUT2D eigenvalue weighted by Gasteiger charge is -2.26. The van der Waals surface area contributed by atoms with Crippen LogP contribution in [0.25, 0.3) is 6.08 Å². The maximum atomic E-state index is 14.0. The van der Waals surface area contributed by atoms with Crippen molar-refractivity contribution in [3.05, 3.63) is 83.5 Å². The number of hydrogen-bond acceptors (Lipinski definition) is 10. The molecule has 10 nitrogen and oxygen atoms in total. The molecule has 0 aliphatic carbocycles. The summed E-state index contributed by atoms with van der Waals surface area (Å²) in [5.74, 6) is -0.111. The summed E-state index contributed by atoms with van der Waals surface area (Å²) in [6.07, 6.45) is 1.52. The second-order valence-electron chi connectivity index (χ2n) is 9.63. The lowest BCUT2D eigenvalue weighted by Crippen LogP contribution is -2.40. The van der Waals surface area contributed by atoms with Gasteiger partial charge in [0.15, 0.2) is 22.9 Å². The second-order valence-corrected chi connectivity index (χ2v) is 11.1. The first-order valence-corrected chi connectivity index (χ1v) is 14.9. The van der Waals surface area contributed by atoms with Crippen molar-refractivity contribution in [2.45, 2.75) is 46.8 Å². The number of rotatable bonds is 11. The molecule has 0 N–H and O–H groups in total. The summed E-state index contributed by atoms with van der Waals surface area (Å²) in [5, 5.41) is 0.181. The Morgan fingerprint density at radius 2 is 1.84 bits per heavy atom. The Kier molecular flexibility index (Phi) is 10.3. The van der Waals surface area contributed by atoms with E-state index in [0.29, 0.717) is 31.9 Å². The van der Waals surface area contributed by atoms with Gasteiger partial charge >= 0.3 is 11.9 Å². The first-order valence-electron chi connectivity index (χ1n) is 13.7. The van der Waals surface area contributed by atoms with Crippen molar-refractivity contribution in [2.24, 2.45) is 4.99 Å². The van der Waals surface area contributed by atoms with Gasteiger partial charge in [-0.25, -0.2) is 14.6 Å². The van der Waals surface area contributed by atoms with Gasteiger partial charge in [0, 0.05) is 5.56 Å². The van der Waals surface area contributed by atoms with E-state index >= 15 is 0 Å². The number of halogens is 1. The van der Waals surface area contributed by atoms with Gasteiger partial charge in [-0.3, -0.25) is 9.36 Å². The summed E-state index contributed by atoms with van der Waals surface area (Å²) in [7, 11) is 1.44. The van der Waals surface area contributed by atoms with E-state index in [1.165, 1.54) is 23.0 Å². The fourth-order valence-corrected chi connectivity index (χ4v) is 5.92. The number of aromatic nitrogens is 1. The van der Waals surface area contributed by atoms with Gasteiger partial charge in [0.1, 0.15) is 11.8 Å². The number of benzene rings is 2. The smallest absolute Gasteiger partial charge is 0.344 e. The van der Waals surface area contributed by atoms with Gasteiger partial charge in [0.2, 0.25) is 0 Å². The Labute approximate surface area is 257 Å². The summed E-state index contributed by atoms with van der Waals surface area (Å²) >= 11 is 7.67. The van der Waals surface area contributed by atoms with E-state index in [9.17, 15) is 14.4 Å². The van der Waals surface area contributed by atoms with Gasteiger partial charge in [0.05, 0.1) is 47.3 Å². The van der Waals surface area contributed by atoms with Crippen LogP contribution in [0.15, 0.2) is 57.5 Å². The molecule has 0 bridgehead atoms. The van der Waals surface area contributed by atoms with Crippen LogP contribution in [0, 0.1) is 0 Å². The molecular weight excluding hydrogens is 596 g/mol. The van der Waals surface area contributed by atoms with Crippen LogP contribution in [-0.2, 0) is 19.1 Å². The predicted octanol–water partition coefficient (Wildman–Crippen LogP) is 4.19. The van der Waals surface area contributed by atoms with Gasteiger partial charge in [-0.2, -0.15) is 0 Å². The molecule has 0 spiro atoms. The fourth-order valence-electron chi connectivity index (χ4n) is 4.60. The molecule has 0 saturated carbocycles. The van der Waals surface area contributed by atoms with Crippen LogP contribution in [0.3, 0.4) is 0 Å². The van der Waals surface area contributed by atoms with E-state index < -0.39 is 18.0 Å². The molecule has 0 fully saturated rings. The lowest BCUT2D eigenvalue weighted by molar-refractivity contribution is -0.145. The number of esters is 2. The number of allylic oxidation sites excluding steroid dienone is 1. The Morgan fingerprint density at radius 1 is 1.12 bits per heavy atom. The second kappa shape index (κ2) is 13.9. The van der Waals surface area contributed by atoms with Crippen LogP contribution < -0.4 is 29.1 Å². The summed E-state index contributed by atoms with van der Waals surface area (Å²) < 4.78 is 29.2. The van der Waals surface area contributed by atoms with Crippen LogP contribution in [0.5, 0.6) is 17.2 Å². The number of thiazole rings is 1. The van der Waals surface area contributed by atoms with Crippen molar-refractivity contribution in [3.63, 3.8) is 0 Å². The topological polar surface area (TPSA) is 115 Å². The molecule has 4 rings (SSSR count). The molecule has 3 aromatic rings. The zero-order valence-corrected chi connectivity index (χ0v) is 26.3. The van der Waals surface area contributed by atoms with Crippen molar-refractivity contribution in [2.75, 3.05) is 26.9 Å². The monoisotopic (exact) mass is 628 g/mol. The van der Waals surface area contributed by atoms with E-state index in [1.54, 1.807) is 39.0 Å². The maximum Gasteiger partial charge on any atom is 0.344 e. The molecule has 0 unspecified atom stereocenters. The van der Waals surface area contributed by atoms with Crippen LogP contribution in [0.1, 0.15) is 51.8 Å². The third kappa shape index (κ3) is 6.94. The highest BCUT2D eigenvalue weighted by molar-refractivity contribution is 7.07. The average Bonchev–Trinajstić information content (AvgIpc) is 3.25. The lowest BCUT2D eigenvalue weighted by atomic mass is 9.95. The van der Waals surface area contributed by atoms with Crippen LogP contribution in [0.2, 0.25) is 5.02 Å². The third-order valence-electron chi connectivity index (χ3n) is 6.28. The molecular formula is C31H33ClN2O8S. The number of para-hydroxylation sites is 1. The zero-order valence-electron chi connectivity index (χ0n) is 24.8. The quantitative estimate of drug-likeness (QED) is 0.291. The minimum absolute atomic E-state index is 0.142. The zero-order chi connectivity index (χ0) is 31.3. The molecule has 1 aliphatic heterocycles. The van der Waals surface area contributed by atoms with Gasteiger partial charge < -0.3 is 23.7 Å². The molecule has 2 heterocycles. The van der Waals surface area contributed by atoms with Crippen LogP contribution in [-0.4, -0.2) is 49.5 Å². The number of fused-ring (bicyclic) bond motifs is 1. The number of carbonyl (C=O) groups is 2. The van der Waals surface area contributed by atoms with Crippen LogP contribution >= 0.6 is 22.9 Å². The number of hydrogen-bond donors (Lipinski definition) is 0. The summed E-state index contributed by atoms with van der Waals surface area (Å²) in [6.45, 7) is 9.00. The normalized spacial score (nSPS) is 14.7. The van der Waals surface area contributed by atoms with Gasteiger partial charge in [-0.1, -0.05) is 41.1 Å². The number of nitrogens with zero attached hydrogens (tertiary/aromatic N) is 2. The van der Waals surface area contributed by atoms with Gasteiger partial charge in [-0.05, 0) is 64.5 Å². The Hall–Kier alpha value is -4.09. The molecule has 0 radical (unpaired) electrons. The first kappa shape index (κ1) is 31.8. The molecule has 0 saturated heterocycles. The van der Waals surface area contributed by atoms with E-state index in [2.05, 4.69) is 4.99 Å². The van der Waals surface area contributed by atoms with Crippen molar-refractivity contribution in [3.8, 4) is 17.2 Å². The van der Waals surface area contributed by atoms with E-state index in [4.69, 9.17) is 35.3 Å². The third-order valence-corrected chi connectivity index (χ3v) is 7.55. The molecule has 12 heteroatoms. The Bertz CT molecular complexity index is 1740. The molecule has 2 aromatic carbocycles. The number of ether oxygens (including phenoxy) is 5. The van der Waals surface area contributed by atoms with Crippen molar-refractivity contribution in [1.29, 1.82) is 0 Å². The minimum atomic E-state index is -0.829. The SMILES string of the molecule is CCOC(=O)COc1c(Cl)cc(/C=c2/sc3n(c2=O)[C@H](c2ccccc2OC(C)C)C(C(=O)OCC)=C(C)N=3)cc1OC. The number of carbonyl (C=O) groups excluding carboxylic acids is 2. The highest BCUT2D eigenvalue weighted by atomic mass is 35.5. The highest BCUT2D eigenvalue weighted by Crippen LogP contribution is 2.38. The summed E-state index contributed by atoms with van der Waals surface area (Å²) in [4.78, 5) is 44.1. The van der Waals surface area contributed by atoms with Crippen LogP contribution in [0.4, 0.5) is 0 Å². The van der Waals surface area contributed by atoms with Gasteiger partial charge in [0.25, 0.3) is 5.56 Å². The van der Waals surface area contributed by atoms with Gasteiger partial charge in [-0.15, -0.1) is 0 Å². The van der Waals surface area contributed by atoms with Crippen molar-refractivity contribution < 1.29 is 33.3 Å². The minimum Gasteiger partial charge on any atom is -0.493 e. The average molecular weight is 629 g/mol. The van der Waals surface area contributed by atoms with E-state index in [1.807, 2.05) is 38.1 Å². The van der Waals surface area contributed by atoms with Crippen molar-refractivity contribution >= 4 is 41.0 Å². The predicted molar refractivity (Wildman–Crippen MR) is 163 cm³/mol. The molecule has 1 aromatic heterocycles. The highest BCUT2D eigenvalue weighted by Gasteiger charge is 2.35. The summed E-state index contributed by atoms with van der Waals surface area (Å²) in [6, 6.07) is 9.72. The van der Waals surface area contributed by atoms with E-state index in [0.717, 1.165) is 0 Å². The standard InChI is InChI=1S/C31H33ClN2O8S/c1-7-39-25(35)16-41-28-21(32)13-19(14-23(28)38-6)15-24-29(36)34-27(20-11-9-10-12-22(20)42-17(3)4)26(30(37)40-8-2)18(5)33-31(34)43-24/h9-15,17,27H,7-8,16H2,1-6H3/b24-15+/t27-/m1/s1. The maximum absolute atomic E-state index is 14.0.